The second kappa shape index (κ2) is 7.42. The molecule has 0 rings (SSSR count). The summed E-state index contributed by atoms with van der Waals surface area (Å²) in [6.07, 6.45) is 0.643. The smallest absolute Gasteiger partial charge is 0.278 e. The van der Waals surface area contributed by atoms with Crippen LogP contribution in [0, 0.1) is 0 Å². The molecule has 0 aliphatic carbocycles. The highest BCUT2D eigenvalue weighted by Gasteiger charge is 2.10. The van der Waals surface area contributed by atoms with Crippen LogP contribution in [0.5, 0.6) is 0 Å². The lowest BCUT2D eigenvalue weighted by Crippen LogP contribution is -2.36. The van der Waals surface area contributed by atoms with Crippen LogP contribution in [0.3, 0.4) is 0 Å². The van der Waals surface area contributed by atoms with Crippen LogP contribution in [0.2, 0.25) is 0 Å². The molecule has 0 aromatic heterocycles. The maximum Gasteiger partial charge on any atom is 0.278 e. The van der Waals surface area contributed by atoms with Gasteiger partial charge in [-0.25, -0.2) is 4.72 Å². The van der Waals surface area contributed by atoms with E-state index in [1.807, 2.05) is 0 Å². The van der Waals surface area contributed by atoms with Gasteiger partial charge in [-0.05, 0) is 6.42 Å². The van der Waals surface area contributed by atoms with Gasteiger partial charge in [0.05, 0.1) is 6.61 Å². The van der Waals surface area contributed by atoms with Gasteiger partial charge < -0.3 is 4.74 Å². The van der Waals surface area contributed by atoms with Crippen LogP contribution in [0.1, 0.15) is 6.42 Å². The van der Waals surface area contributed by atoms with Gasteiger partial charge in [-0.2, -0.15) is 12.7 Å². The van der Waals surface area contributed by atoms with Gasteiger partial charge in [0.25, 0.3) is 10.2 Å². The maximum absolute atomic E-state index is 11.2. The van der Waals surface area contributed by atoms with E-state index in [1.165, 1.54) is 14.1 Å². The Morgan fingerprint density at radius 2 is 2.00 bits per heavy atom. The van der Waals surface area contributed by atoms with Crippen molar-refractivity contribution in [3.8, 4) is 0 Å². The molecule has 14 heavy (non-hydrogen) atoms. The number of nitrogens with one attached hydrogen (secondary N) is 1. The van der Waals surface area contributed by atoms with Crippen molar-refractivity contribution in [3.63, 3.8) is 0 Å². The van der Waals surface area contributed by atoms with Gasteiger partial charge in [-0.3, -0.25) is 0 Å². The number of alkyl halides is 1. The Hall–Kier alpha value is 0.120. The first-order valence-electron chi connectivity index (χ1n) is 4.31. The molecule has 0 atom stereocenters. The van der Waals surface area contributed by atoms with Crippen LogP contribution < -0.4 is 4.72 Å². The van der Waals surface area contributed by atoms with E-state index in [9.17, 15) is 8.42 Å². The lowest BCUT2D eigenvalue weighted by molar-refractivity contribution is 0.147. The molecule has 0 aromatic rings. The highest BCUT2D eigenvalue weighted by atomic mass is 35.5. The van der Waals surface area contributed by atoms with E-state index < -0.39 is 10.2 Å². The summed E-state index contributed by atoms with van der Waals surface area (Å²) in [7, 11) is -0.332. The number of rotatable bonds is 8. The first kappa shape index (κ1) is 14.1. The fraction of sp³-hybridized carbons (Fsp3) is 1.00. The number of hydrogen-bond acceptors (Lipinski definition) is 3. The van der Waals surface area contributed by atoms with Gasteiger partial charge in [0.1, 0.15) is 0 Å². The van der Waals surface area contributed by atoms with Gasteiger partial charge in [0.2, 0.25) is 0 Å². The number of ether oxygens (including phenoxy) is 1. The van der Waals surface area contributed by atoms with Crippen LogP contribution >= 0.6 is 11.6 Å². The molecule has 86 valence electrons. The van der Waals surface area contributed by atoms with Gasteiger partial charge in [-0.1, -0.05) is 0 Å². The minimum atomic E-state index is -3.29. The van der Waals surface area contributed by atoms with Crippen molar-refractivity contribution < 1.29 is 13.2 Å². The quantitative estimate of drug-likeness (QED) is 0.484. The Kier molecular flexibility index (Phi) is 7.48. The molecule has 0 saturated heterocycles. The predicted molar refractivity (Wildman–Crippen MR) is 56.8 cm³/mol. The van der Waals surface area contributed by atoms with Crippen molar-refractivity contribution >= 4 is 21.8 Å². The van der Waals surface area contributed by atoms with Gasteiger partial charge in [0.15, 0.2) is 0 Å². The van der Waals surface area contributed by atoms with Crippen LogP contribution in [-0.4, -0.2) is 52.5 Å². The molecule has 0 heterocycles. The molecular weight excluding hydrogens is 228 g/mol. The summed E-state index contributed by atoms with van der Waals surface area (Å²) in [5, 5.41) is 0. The molecule has 0 spiro atoms. The summed E-state index contributed by atoms with van der Waals surface area (Å²) < 4.78 is 31.0. The van der Waals surface area contributed by atoms with E-state index in [0.717, 1.165) is 4.31 Å². The van der Waals surface area contributed by atoms with Crippen molar-refractivity contribution in [1.29, 1.82) is 0 Å². The van der Waals surface area contributed by atoms with E-state index in [4.69, 9.17) is 16.3 Å². The number of nitrogens with zero attached hydrogens (tertiary/aromatic N) is 1. The Morgan fingerprint density at radius 1 is 1.36 bits per heavy atom. The Morgan fingerprint density at radius 3 is 2.50 bits per heavy atom. The van der Waals surface area contributed by atoms with E-state index in [-0.39, 0.29) is 0 Å². The summed E-state index contributed by atoms with van der Waals surface area (Å²) in [6, 6.07) is 0. The van der Waals surface area contributed by atoms with Crippen LogP contribution in [0.25, 0.3) is 0 Å². The summed E-state index contributed by atoms with van der Waals surface area (Å²) in [4.78, 5) is 0. The standard InChI is InChI=1S/C7H17ClN2O3S/c1-10(2)14(11,12)9-5-3-6-13-7-4-8/h9H,3-7H2,1-2H3. The van der Waals surface area contributed by atoms with E-state index in [0.29, 0.717) is 32.1 Å². The largest absolute Gasteiger partial charge is 0.380 e. The predicted octanol–water partition coefficient (Wildman–Crippen LogP) is 0.0279. The molecule has 0 aliphatic rings. The highest BCUT2D eigenvalue weighted by molar-refractivity contribution is 7.87. The average Bonchev–Trinajstić information content (AvgIpc) is 2.10. The summed E-state index contributed by atoms with van der Waals surface area (Å²) >= 11 is 5.39. The molecule has 0 amide bonds. The third-order valence-electron chi connectivity index (χ3n) is 1.45. The minimum Gasteiger partial charge on any atom is -0.380 e. The van der Waals surface area contributed by atoms with Crippen molar-refractivity contribution in [1.82, 2.24) is 9.03 Å². The van der Waals surface area contributed by atoms with Crippen LogP contribution in [0.15, 0.2) is 0 Å². The molecule has 1 N–H and O–H groups in total. The molecule has 0 unspecified atom stereocenters. The number of hydrogen-bond donors (Lipinski definition) is 1. The van der Waals surface area contributed by atoms with Crippen molar-refractivity contribution in [2.45, 2.75) is 6.42 Å². The van der Waals surface area contributed by atoms with Crippen LogP contribution in [0.4, 0.5) is 0 Å². The topological polar surface area (TPSA) is 58.6 Å². The second-order valence-corrected chi connectivity index (χ2v) is 5.18. The third-order valence-corrected chi connectivity index (χ3v) is 3.14. The van der Waals surface area contributed by atoms with E-state index in [1.54, 1.807) is 0 Å². The monoisotopic (exact) mass is 244 g/mol. The van der Waals surface area contributed by atoms with Crippen LogP contribution in [-0.2, 0) is 14.9 Å². The second-order valence-electron chi connectivity index (χ2n) is 2.84. The Balaban J connectivity index is 3.46. The van der Waals surface area contributed by atoms with E-state index >= 15 is 0 Å². The fourth-order valence-corrected chi connectivity index (χ4v) is 1.43. The van der Waals surface area contributed by atoms with Crippen molar-refractivity contribution in [2.24, 2.45) is 0 Å². The fourth-order valence-electron chi connectivity index (χ4n) is 0.661. The molecular formula is C7H17ClN2O3S. The maximum atomic E-state index is 11.2. The van der Waals surface area contributed by atoms with Gasteiger partial charge in [-0.15, -0.1) is 11.6 Å². The highest BCUT2D eigenvalue weighted by Crippen LogP contribution is 1.89. The normalized spacial score (nSPS) is 12.3. The first-order chi connectivity index (χ1) is 6.50. The zero-order chi connectivity index (χ0) is 11.0. The molecule has 0 radical (unpaired) electrons. The van der Waals surface area contributed by atoms with E-state index in [2.05, 4.69) is 4.72 Å². The third kappa shape index (κ3) is 6.56. The molecule has 0 saturated carbocycles. The number of halogens is 1. The molecule has 0 aliphatic heterocycles. The summed E-state index contributed by atoms with van der Waals surface area (Å²) in [6.45, 7) is 1.40. The lowest BCUT2D eigenvalue weighted by atomic mass is 10.5. The first-order valence-corrected chi connectivity index (χ1v) is 6.29. The molecule has 7 heteroatoms. The summed E-state index contributed by atoms with van der Waals surface area (Å²) in [5.74, 6) is 0.462. The Bertz CT molecular complexity index is 231. The minimum absolute atomic E-state index is 0.378. The Labute approximate surface area is 90.6 Å². The molecule has 0 bridgehead atoms. The molecule has 0 aromatic carbocycles. The molecule has 0 fully saturated rings. The summed E-state index contributed by atoms with van der Waals surface area (Å²) in [5.41, 5.74) is 0. The van der Waals surface area contributed by atoms with Gasteiger partial charge >= 0.3 is 0 Å². The molecule has 5 nitrogen and oxygen atoms in total. The zero-order valence-corrected chi connectivity index (χ0v) is 10.1. The van der Waals surface area contributed by atoms with Crippen molar-refractivity contribution in [3.05, 3.63) is 0 Å². The SMILES string of the molecule is CN(C)S(=O)(=O)NCCCOCCCl. The van der Waals surface area contributed by atoms with Crippen molar-refractivity contribution in [2.75, 3.05) is 39.7 Å². The zero-order valence-electron chi connectivity index (χ0n) is 8.49. The average molecular weight is 245 g/mol. The lowest BCUT2D eigenvalue weighted by Gasteiger charge is -2.11. The van der Waals surface area contributed by atoms with Gasteiger partial charge in [0, 0.05) is 33.1 Å².